The molecule has 2 aromatic rings. The smallest absolute Gasteiger partial charge is 0.224 e. The van der Waals surface area contributed by atoms with Gasteiger partial charge in [-0.3, -0.25) is 14.8 Å². The molecule has 0 aromatic carbocycles. The molecule has 5 heteroatoms. The van der Waals surface area contributed by atoms with Gasteiger partial charge in [0.25, 0.3) is 0 Å². The monoisotopic (exact) mass is 310 g/mol. The van der Waals surface area contributed by atoms with Crippen LogP contribution in [0.15, 0.2) is 49.1 Å². The number of hydrogen-bond acceptors (Lipinski definition) is 4. The van der Waals surface area contributed by atoms with Gasteiger partial charge < -0.3 is 10.2 Å². The molecule has 0 spiro atoms. The van der Waals surface area contributed by atoms with Crippen molar-refractivity contribution in [3.63, 3.8) is 0 Å². The number of pyridine rings is 2. The van der Waals surface area contributed by atoms with Crippen molar-refractivity contribution in [2.24, 2.45) is 5.92 Å². The van der Waals surface area contributed by atoms with E-state index in [1.165, 1.54) is 5.69 Å². The first kappa shape index (κ1) is 15.5. The minimum Gasteiger partial charge on any atom is -0.371 e. The second kappa shape index (κ2) is 7.72. The number of amides is 1. The predicted molar refractivity (Wildman–Crippen MR) is 90.1 cm³/mol. The molecule has 0 bridgehead atoms. The van der Waals surface area contributed by atoms with Gasteiger partial charge >= 0.3 is 0 Å². The maximum atomic E-state index is 12.0. The number of hydrogen-bond donors (Lipinski definition) is 1. The summed E-state index contributed by atoms with van der Waals surface area (Å²) in [5, 5.41) is 3.07. The lowest BCUT2D eigenvalue weighted by molar-refractivity contribution is -0.120. The molecule has 0 aliphatic carbocycles. The molecule has 120 valence electrons. The summed E-state index contributed by atoms with van der Waals surface area (Å²) in [6.45, 7) is 2.85. The summed E-state index contributed by atoms with van der Waals surface area (Å²) < 4.78 is 0. The Morgan fingerprint density at radius 1 is 1.04 bits per heavy atom. The molecule has 1 fully saturated rings. The normalized spacial score (nSPS) is 15.4. The molecule has 1 aliphatic heterocycles. The molecular formula is C18H22N4O. The summed E-state index contributed by atoms with van der Waals surface area (Å²) in [5.74, 6) is 0.655. The third kappa shape index (κ3) is 4.52. The van der Waals surface area contributed by atoms with Crippen LogP contribution in [0, 0.1) is 5.92 Å². The lowest BCUT2D eigenvalue weighted by Crippen LogP contribution is -2.39. The van der Waals surface area contributed by atoms with Gasteiger partial charge in [-0.1, -0.05) is 0 Å². The molecule has 3 rings (SSSR count). The van der Waals surface area contributed by atoms with E-state index in [0.717, 1.165) is 38.0 Å². The van der Waals surface area contributed by atoms with Crippen molar-refractivity contribution in [3.05, 3.63) is 54.6 Å². The highest BCUT2D eigenvalue weighted by molar-refractivity contribution is 5.78. The van der Waals surface area contributed by atoms with E-state index >= 15 is 0 Å². The largest absolute Gasteiger partial charge is 0.371 e. The van der Waals surface area contributed by atoms with Crippen LogP contribution in [0.25, 0.3) is 0 Å². The molecule has 0 unspecified atom stereocenters. The summed E-state index contributed by atoms with van der Waals surface area (Å²) in [6.07, 6.45) is 9.75. The van der Waals surface area contributed by atoms with Crippen LogP contribution in [-0.4, -0.2) is 35.5 Å². The first-order valence-electron chi connectivity index (χ1n) is 8.12. The standard InChI is InChI=1S/C18H22N4O/c23-18(13-15-1-7-19-8-2-15)21-14-16-5-11-22(12-6-16)17-3-9-20-10-4-17/h1-4,7-10,16H,5-6,11-14H2,(H,21,23). The van der Waals surface area contributed by atoms with E-state index in [-0.39, 0.29) is 5.91 Å². The van der Waals surface area contributed by atoms with Gasteiger partial charge in [-0.25, -0.2) is 0 Å². The van der Waals surface area contributed by atoms with Gasteiger partial charge in [0.05, 0.1) is 6.42 Å². The highest BCUT2D eigenvalue weighted by Crippen LogP contribution is 2.22. The topological polar surface area (TPSA) is 58.1 Å². The van der Waals surface area contributed by atoms with Crippen LogP contribution in [0.4, 0.5) is 5.69 Å². The summed E-state index contributed by atoms with van der Waals surface area (Å²) >= 11 is 0. The second-order valence-electron chi connectivity index (χ2n) is 5.97. The Balaban J connectivity index is 1.40. The summed E-state index contributed by atoms with van der Waals surface area (Å²) in [7, 11) is 0. The van der Waals surface area contributed by atoms with Gasteiger partial charge in [0.2, 0.25) is 5.91 Å². The van der Waals surface area contributed by atoms with Crippen molar-refractivity contribution in [1.29, 1.82) is 0 Å². The van der Waals surface area contributed by atoms with Crippen LogP contribution in [0.5, 0.6) is 0 Å². The first-order chi connectivity index (χ1) is 11.3. The van der Waals surface area contributed by atoms with Gasteiger partial charge in [0.15, 0.2) is 0 Å². The molecule has 1 saturated heterocycles. The van der Waals surface area contributed by atoms with Crippen molar-refractivity contribution in [2.75, 3.05) is 24.5 Å². The average Bonchev–Trinajstić information content (AvgIpc) is 2.62. The fourth-order valence-electron chi connectivity index (χ4n) is 2.96. The van der Waals surface area contributed by atoms with Crippen LogP contribution in [-0.2, 0) is 11.2 Å². The molecule has 2 aromatic heterocycles. The molecule has 0 saturated carbocycles. The molecule has 1 aliphatic rings. The quantitative estimate of drug-likeness (QED) is 0.918. The van der Waals surface area contributed by atoms with E-state index in [0.29, 0.717) is 12.3 Å². The number of nitrogens with one attached hydrogen (secondary N) is 1. The fraction of sp³-hybridized carbons (Fsp3) is 0.389. The lowest BCUT2D eigenvalue weighted by Gasteiger charge is -2.33. The highest BCUT2D eigenvalue weighted by Gasteiger charge is 2.19. The van der Waals surface area contributed by atoms with Gasteiger partial charge in [0, 0.05) is 50.1 Å². The third-order valence-electron chi connectivity index (χ3n) is 4.34. The predicted octanol–water partition coefficient (Wildman–Crippen LogP) is 2.05. The van der Waals surface area contributed by atoms with E-state index in [1.54, 1.807) is 12.4 Å². The summed E-state index contributed by atoms with van der Waals surface area (Å²) in [6, 6.07) is 7.87. The Morgan fingerprint density at radius 2 is 1.65 bits per heavy atom. The van der Waals surface area contributed by atoms with Crippen molar-refractivity contribution < 1.29 is 4.79 Å². The molecule has 3 heterocycles. The van der Waals surface area contributed by atoms with E-state index < -0.39 is 0 Å². The second-order valence-corrected chi connectivity index (χ2v) is 5.97. The number of carbonyl (C=O) groups is 1. The number of carbonyl (C=O) groups excluding carboxylic acids is 1. The number of rotatable bonds is 5. The zero-order valence-corrected chi connectivity index (χ0v) is 13.2. The van der Waals surface area contributed by atoms with Crippen LogP contribution in [0.3, 0.4) is 0 Å². The molecule has 23 heavy (non-hydrogen) atoms. The first-order valence-corrected chi connectivity index (χ1v) is 8.12. The number of anilines is 1. The minimum atomic E-state index is 0.0905. The summed E-state index contributed by atoms with van der Waals surface area (Å²) in [5.41, 5.74) is 2.24. The average molecular weight is 310 g/mol. The number of nitrogens with zero attached hydrogens (tertiary/aromatic N) is 3. The van der Waals surface area contributed by atoms with Crippen LogP contribution < -0.4 is 10.2 Å². The van der Waals surface area contributed by atoms with Gasteiger partial charge in [0.1, 0.15) is 0 Å². The van der Waals surface area contributed by atoms with Crippen LogP contribution in [0.1, 0.15) is 18.4 Å². The molecule has 1 N–H and O–H groups in total. The van der Waals surface area contributed by atoms with Gasteiger partial charge in [-0.2, -0.15) is 0 Å². The molecular weight excluding hydrogens is 288 g/mol. The number of aromatic nitrogens is 2. The van der Waals surface area contributed by atoms with Gasteiger partial charge in [-0.05, 0) is 48.6 Å². The minimum absolute atomic E-state index is 0.0905. The Hall–Kier alpha value is -2.43. The zero-order valence-electron chi connectivity index (χ0n) is 13.2. The zero-order chi connectivity index (χ0) is 15.9. The number of piperidine rings is 1. The maximum absolute atomic E-state index is 12.0. The van der Waals surface area contributed by atoms with E-state index in [9.17, 15) is 4.79 Å². The van der Waals surface area contributed by atoms with Crippen molar-refractivity contribution >= 4 is 11.6 Å². The Kier molecular flexibility index (Phi) is 5.19. The molecule has 0 radical (unpaired) electrons. The van der Waals surface area contributed by atoms with Crippen molar-refractivity contribution in [3.8, 4) is 0 Å². The van der Waals surface area contributed by atoms with Crippen LogP contribution >= 0.6 is 0 Å². The van der Waals surface area contributed by atoms with E-state index in [1.807, 2.05) is 24.5 Å². The van der Waals surface area contributed by atoms with Gasteiger partial charge in [-0.15, -0.1) is 0 Å². The lowest BCUT2D eigenvalue weighted by atomic mass is 9.96. The van der Waals surface area contributed by atoms with E-state index in [4.69, 9.17) is 0 Å². The van der Waals surface area contributed by atoms with Crippen molar-refractivity contribution in [1.82, 2.24) is 15.3 Å². The Labute approximate surface area is 136 Å². The highest BCUT2D eigenvalue weighted by atomic mass is 16.1. The molecule has 0 atom stereocenters. The molecule has 1 amide bonds. The Bertz CT molecular complexity index is 609. The van der Waals surface area contributed by atoms with Crippen LogP contribution in [0.2, 0.25) is 0 Å². The molecule has 5 nitrogen and oxygen atoms in total. The SMILES string of the molecule is O=C(Cc1ccncc1)NCC1CCN(c2ccncc2)CC1. The van der Waals surface area contributed by atoms with E-state index in [2.05, 4.69) is 32.3 Å². The Morgan fingerprint density at radius 3 is 2.30 bits per heavy atom. The fourth-order valence-corrected chi connectivity index (χ4v) is 2.96. The third-order valence-corrected chi connectivity index (χ3v) is 4.34. The van der Waals surface area contributed by atoms with Crippen molar-refractivity contribution in [2.45, 2.75) is 19.3 Å². The maximum Gasteiger partial charge on any atom is 0.224 e. The summed E-state index contributed by atoms with van der Waals surface area (Å²) in [4.78, 5) is 22.4.